The Hall–Kier alpha value is -4.00. The summed E-state index contributed by atoms with van der Waals surface area (Å²) in [4.78, 5) is 23.1. The molecule has 1 aliphatic rings. The van der Waals surface area contributed by atoms with E-state index in [-0.39, 0.29) is 18.2 Å². The van der Waals surface area contributed by atoms with Gasteiger partial charge in [-0.2, -0.15) is 9.78 Å². The second-order valence-corrected chi connectivity index (χ2v) is 6.86. The van der Waals surface area contributed by atoms with Crippen LogP contribution >= 0.6 is 0 Å². The van der Waals surface area contributed by atoms with Crippen LogP contribution in [0.15, 0.2) is 72.9 Å². The van der Waals surface area contributed by atoms with Crippen LogP contribution in [0.25, 0.3) is 22.0 Å². The highest BCUT2D eigenvalue weighted by atomic mass is 16.6. The lowest BCUT2D eigenvalue weighted by Gasteiger charge is -2.14. The van der Waals surface area contributed by atoms with Crippen LogP contribution in [0.3, 0.4) is 0 Å². The van der Waals surface area contributed by atoms with Gasteiger partial charge in [-0.3, -0.25) is 10.1 Å². The fourth-order valence-corrected chi connectivity index (χ4v) is 3.93. The van der Waals surface area contributed by atoms with Gasteiger partial charge < -0.3 is 4.74 Å². The highest BCUT2D eigenvalue weighted by Gasteiger charge is 2.29. The van der Waals surface area contributed by atoms with Gasteiger partial charge in [0, 0.05) is 23.4 Å². The Labute approximate surface area is 165 Å². The predicted molar refractivity (Wildman–Crippen MR) is 107 cm³/mol. The van der Waals surface area contributed by atoms with Crippen LogP contribution in [0, 0.1) is 10.1 Å². The van der Waals surface area contributed by atoms with Crippen LogP contribution in [0.4, 0.5) is 10.5 Å². The molecule has 0 saturated carbocycles. The molecule has 5 rings (SSSR count). The molecule has 0 amide bonds. The first-order valence-electron chi connectivity index (χ1n) is 9.11. The number of hydrogen-bond acceptors (Lipinski definition) is 5. The molecular formula is C22H15N3O4. The Morgan fingerprint density at radius 1 is 1.03 bits per heavy atom. The minimum atomic E-state index is -0.615. The molecule has 0 unspecified atom stereocenters. The Morgan fingerprint density at radius 3 is 2.34 bits per heavy atom. The van der Waals surface area contributed by atoms with Gasteiger partial charge in [0.15, 0.2) is 0 Å². The zero-order valence-electron chi connectivity index (χ0n) is 15.2. The summed E-state index contributed by atoms with van der Waals surface area (Å²) < 4.78 is 6.73. The van der Waals surface area contributed by atoms with Gasteiger partial charge in [0.05, 0.1) is 16.6 Å². The number of nitro groups is 1. The number of non-ortho nitro benzene ring substituents is 1. The number of fused-ring (bicyclic) bond motifs is 4. The van der Waals surface area contributed by atoms with Crippen molar-refractivity contribution < 1.29 is 14.5 Å². The summed E-state index contributed by atoms with van der Waals surface area (Å²) in [7, 11) is 0. The molecule has 4 aromatic rings. The monoisotopic (exact) mass is 385 g/mol. The van der Waals surface area contributed by atoms with E-state index in [1.165, 1.54) is 24.4 Å². The molecule has 7 heteroatoms. The quantitative estimate of drug-likeness (QED) is 0.375. The van der Waals surface area contributed by atoms with Crippen molar-refractivity contribution in [2.24, 2.45) is 0 Å². The molecule has 0 bridgehead atoms. The van der Waals surface area contributed by atoms with Gasteiger partial charge in [-0.1, -0.05) is 48.5 Å². The van der Waals surface area contributed by atoms with Crippen molar-refractivity contribution in [3.8, 4) is 11.1 Å². The van der Waals surface area contributed by atoms with E-state index in [1.807, 2.05) is 24.3 Å². The fourth-order valence-electron chi connectivity index (χ4n) is 3.93. The first-order chi connectivity index (χ1) is 14.1. The summed E-state index contributed by atoms with van der Waals surface area (Å²) in [5, 5.41) is 15.5. The third-order valence-electron chi connectivity index (χ3n) is 5.27. The zero-order valence-corrected chi connectivity index (χ0v) is 15.2. The number of ether oxygens (including phenoxy) is 1. The van der Waals surface area contributed by atoms with Crippen molar-refractivity contribution in [3.63, 3.8) is 0 Å². The van der Waals surface area contributed by atoms with Crippen LogP contribution in [0.2, 0.25) is 0 Å². The second-order valence-electron chi connectivity index (χ2n) is 6.86. The lowest BCUT2D eigenvalue weighted by Crippen LogP contribution is -2.18. The maximum atomic E-state index is 12.7. The zero-order chi connectivity index (χ0) is 20.0. The largest absolute Gasteiger partial charge is 0.447 e. The van der Waals surface area contributed by atoms with Crippen molar-refractivity contribution in [1.29, 1.82) is 0 Å². The molecule has 0 N–H and O–H groups in total. The Kier molecular flexibility index (Phi) is 3.87. The number of rotatable bonds is 3. The van der Waals surface area contributed by atoms with Gasteiger partial charge in [0.1, 0.15) is 6.61 Å². The minimum Gasteiger partial charge on any atom is -0.447 e. The van der Waals surface area contributed by atoms with E-state index < -0.39 is 11.0 Å². The predicted octanol–water partition coefficient (Wildman–Crippen LogP) is 4.74. The third-order valence-corrected chi connectivity index (χ3v) is 5.27. The summed E-state index contributed by atoms with van der Waals surface area (Å²) in [6.45, 7) is 0.182. The molecule has 1 heterocycles. The SMILES string of the molecule is O=C(OCC1c2ccccc2-c2ccccc21)n1ncc2cc([N+](=O)[O-])ccc21. The maximum Gasteiger partial charge on any atom is 0.435 e. The summed E-state index contributed by atoms with van der Waals surface area (Å²) in [5.41, 5.74) is 4.98. The molecule has 29 heavy (non-hydrogen) atoms. The fraction of sp³-hybridized carbons (Fsp3) is 0.0909. The van der Waals surface area contributed by atoms with Gasteiger partial charge >= 0.3 is 6.09 Å². The van der Waals surface area contributed by atoms with Crippen molar-refractivity contribution in [2.45, 2.75) is 5.92 Å². The number of nitro benzene ring substituents is 1. The lowest BCUT2D eigenvalue weighted by atomic mass is 9.98. The van der Waals surface area contributed by atoms with Crippen LogP contribution in [0.1, 0.15) is 17.0 Å². The lowest BCUT2D eigenvalue weighted by molar-refractivity contribution is -0.384. The van der Waals surface area contributed by atoms with Gasteiger partial charge in [-0.05, 0) is 28.3 Å². The van der Waals surface area contributed by atoms with Crippen molar-refractivity contribution >= 4 is 22.7 Å². The van der Waals surface area contributed by atoms with Gasteiger partial charge in [-0.15, -0.1) is 0 Å². The molecule has 3 aromatic carbocycles. The van der Waals surface area contributed by atoms with Gasteiger partial charge in [0.25, 0.3) is 5.69 Å². The third kappa shape index (κ3) is 2.75. The van der Waals surface area contributed by atoms with Crippen molar-refractivity contribution in [3.05, 3.63) is 94.2 Å². The second kappa shape index (κ2) is 6.56. The molecule has 0 fully saturated rings. The Bertz CT molecular complexity index is 1230. The van der Waals surface area contributed by atoms with E-state index in [2.05, 4.69) is 29.4 Å². The molecule has 0 aliphatic heterocycles. The minimum absolute atomic E-state index is 0.0470. The molecule has 0 atom stereocenters. The summed E-state index contributed by atoms with van der Waals surface area (Å²) in [6.07, 6.45) is 0.805. The highest BCUT2D eigenvalue weighted by molar-refractivity contribution is 5.89. The number of carbonyl (C=O) groups is 1. The van der Waals surface area contributed by atoms with Gasteiger partial charge in [0.2, 0.25) is 0 Å². The summed E-state index contributed by atoms with van der Waals surface area (Å²) >= 11 is 0. The molecule has 0 saturated heterocycles. The van der Waals surface area contributed by atoms with Gasteiger partial charge in [-0.25, -0.2) is 4.79 Å². The molecule has 7 nitrogen and oxygen atoms in total. The van der Waals surface area contributed by atoms with E-state index in [4.69, 9.17) is 4.74 Å². The number of benzene rings is 3. The molecule has 142 valence electrons. The Balaban J connectivity index is 1.41. The van der Waals surface area contributed by atoms with E-state index in [0.29, 0.717) is 10.9 Å². The van der Waals surface area contributed by atoms with Crippen LogP contribution in [-0.4, -0.2) is 27.4 Å². The van der Waals surface area contributed by atoms with Crippen LogP contribution < -0.4 is 0 Å². The standard InChI is InChI=1S/C22H15N3O4/c26-22(24-21-10-9-15(25(27)28)11-14(21)12-23-24)29-13-20-18-7-3-1-5-16(18)17-6-2-4-8-19(17)20/h1-12,20H,13H2. The van der Waals surface area contributed by atoms with Crippen LogP contribution in [0.5, 0.6) is 0 Å². The number of hydrogen-bond donors (Lipinski definition) is 0. The summed E-state index contributed by atoms with van der Waals surface area (Å²) in [6, 6.07) is 20.4. The average molecular weight is 385 g/mol. The number of nitrogens with zero attached hydrogens (tertiary/aromatic N) is 3. The molecule has 0 radical (unpaired) electrons. The molecule has 1 aliphatic carbocycles. The number of aromatic nitrogens is 2. The number of carbonyl (C=O) groups excluding carboxylic acids is 1. The maximum absolute atomic E-state index is 12.7. The van der Waals surface area contributed by atoms with E-state index in [9.17, 15) is 14.9 Å². The van der Waals surface area contributed by atoms with Crippen molar-refractivity contribution in [2.75, 3.05) is 6.61 Å². The normalized spacial score (nSPS) is 12.6. The van der Waals surface area contributed by atoms with E-state index in [0.717, 1.165) is 26.9 Å². The van der Waals surface area contributed by atoms with Crippen LogP contribution in [-0.2, 0) is 4.74 Å². The van der Waals surface area contributed by atoms with Crippen molar-refractivity contribution in [1.82, 2.24) is 9.78 Å². The van der Waals surface area contributed by atoms with E-state index in [1.54, 1.807) is 0 Å². The topological polar surface area (TPSA) is 87.3 Å². The average Bonchev–Trinajstić information content (AvgIpc) is 3.31. The smallest absolute Gasteiger partial charge is 0.435 e. The first kappa shape index (κ1) is 17.1. The Morgan fingerprint density at radius 2 is 1.69 bits per heavy atom. The molecule has 0 spiro atoms. The highest BCUT2D eigenvalue weighted by Crippen LogP contribution is 2.44. The molecular weight excluding hydrogens is 370 g/mol. The first-order valence-corrected chi connectivity index (χ1v) is 9.11. The molecule has 1 aromatic heterocycles. The summed E-state index contributed by atoms with van der Waals surface area (Å²) in [5.74, 6) is -0.0470. The van der Waals surface area contributed by atoms with E-state index >= 15 is 0 Å².